The van der Waals surface area contributed by atoms with Crippen LogP contribution >= 0.6 is 11.6 Å². The summed E-state index contributed by atoms with van der Waals surface area (Å²) in [5.74, 6) is 0.122. The van der Waals surface area contributed by atoms with Crippen molar-refractivity contribution in [1.29, 1.82) is 0 Å². The number of hydrogen-bond acceptors (Lipinski definition) is 5. The number of halogens is 1. The molecule has 0 saturated carbocycles. The molecule has 0 saturated heterocycles. The number of esters is 1. The van der Waals surface area contributed by atoms with Gasteiger partial charge < -0.3 is 15.4 Å². The van der Waals surface area contributed by atoms with Crippen LogP contribution < -0.4 is 10.6 Å². The molecular weight excluding hydrogens is 280 g/mol. The van der Waals surface area contributed by atoms with Crippen molar-refractivity contribution in [2.45, 2.75) is 0 Å². The number of methoxy groups -OCH3 is 1. The van der Waals surface area contributed by atoms with E-state index < -0.39 is 5.97 Å². The van der Waals surface area contributed by atoms with Crippen molar-refractivity contribution < 1.29 is 9.53 Å². The van der Waals surface area contributed by atoms with Gasteiger partial charge in [0.2, 0.25) is 0 Å². The zero-order valence-corrected chi connectivity index (χ0v) is 12.2. The smallest absolute Gasteiger partial charge is 0.345 e. The van der Waals surface area contributed by atoms with Gasteiger partial charge in [-0.2, -0.15) is 0 Å². The van der Waals surface area contributed by atoms with Gasteiger partial charge in [-0.05, 0) is 18.2 Å². The predicted octanol–water partition coefficient (Wildman–Crippen LogP) is 1.96. The normalized spacial score (nSPS) is 10.4. The first-order chi connectivity index (χ1) is 9.45. The van der Waals surface area contributed by atoms with Crippen LogP contribution in [-0.4, -0.2) is 37.0 Å². The molecule has 2 N–H and O–H groups in total. The monoisotopic (exact) mass is 294 g/mol. The Morgan fingerprint density at radius 1 is 1.45 bits per heavy atom. The van der Waals surface area contributed by atoms with Gasteiger partial charge in [-0.15, -0.1) is 5.10 Å². The lowest BCUT2D eigenvalue weighted by Crippen LogP contribution is -2.14. The third kappa shape index (κ3) is 2.42. The first kappa shape index (κ1) is 14.2. The van der Waals surface area contributed by atoms with E-state index in [4.69, 9.17) is 22.1 Å². The third-order valence-electron chi connectivity index (χ3n) is 2.77. The second-order valence-corrected chi connectivity index (χ2v) is 4.80. The molecule has 2 aromatic rings. The van der Waals surface area contributed by atoms with Gasteiger partial charge in [-0.25, -0.2) is 9.48 Å². The molecule has 2 rings (SSSR count). The molecule has 0 aliphatic rings. The Balaban J connectivity index is 2.64. The molecule has 0 radical (unpaired) electrons. The summed E-state index contributed by atoms with van der Waals surface area (Å²) in [6.07, 6.45) is 0. The summed E-state index contributed by atoms with van der Waals surface area (Å²) >= 11 is 5.96. The minimum atomic E-state index is -0.528. The lowest BCUT2D eigenvalue weighted by Gasteiger charge is -2.09. The van der Waals surface area contributed by atoms with E-state index in [2.05, 4.69) is 5.10 Å². The molecule has 0 spiro atoms. The number of nitrogens with zero attached hydrogens (tertiary/aromatic N) is 3. The number of aromatic nitrogens is 2. The minimum Gasteiger partial charge on any atom is -0.465 e. The van der Waals surface area contributed by atoms with E-state index >= 15 is 0 Å². The van der Waals surface area contributed by atoms with Crippen molar-refractivity contribution in [1.82, 2.24) is 9.78 Å². The van der Waals surface area contributed by atoms with E-state index in [9.17, 15) is 4.79 Å². The maximum atomic E-state index is 11.9. The Labute approximate surface area is 121 Å². The number of anilines is 2. The van der Waals surface area contributed by atoms with Crippen molar-refractivity contribution in [3.63, 3.8) is 0 Å². The second kappa shape index (κ2) is 5.42. The maximum Gasteiger partial charge on any atom is 0.345 e. The number of benzene rings is 1. The molecule has 6 nitrogen and oxygen atoms in total. The Bertz CT molecular complexity index is 652. The summed E-state index contributed by atoms with van der Waals surface area (Å²) < 4.78 is 6.22. The van der Waals surface area contributed by atoms with Gasteiger partial charge in [0.15, 0.2) is 5.82 Å². The molecule has 7 heteroatoms. The fourth-order valence-corrected chi connectivity index (χ4v) is 2.02. The van der Waals surface area contributed by atoms with Crippen molar-refractivity contribution in [3.05, 3.63) is 34.9 Å². The quantitative estimate of drug-likeness (QED) is 0.876. The van der Waals surface area contributed by atoms with Crippen LogP contribution in [0.3, 0.4) is 0 Å². The Morgan fingerprint density at radius 3 is 2.70 bits per heavy atom. The largest absolute Gasteiger partial charge is 0.465 e. The van der Waals surface area contributed by atoms with E-state index in [0.29, 0.717) is 16.5 Å². The molecule has 1 heterocycles. The lowest BCUT2D eigenvalue weighted by atomic mass is 10.3. The first-order valence-corrected chi connectivity index (χ1v) is 6.23. The van der Waals surface area contributed by atoms with Crippen LogP contribution in [0.15, 0.2) is 24.3 Å². The van der Waals surface area contributed by atoms with E-state index in [-0.39, 0.29) is 11.4 Å². The molecular formula is C13H15ClN4O2. The fraction of sp³-hybridized carbons (Fsp3) is 0.231. The highest BCUT2D eigenvalue weighted by atomic mass is 35.5. The Morgan fingerprint density at radius 2 is 2.15 bits per heavy atom. The van der Waals surface area contributed by atoms with Gasteiger partial charge in [-0.3, -0.25) is 0 Å². The Kier molecular flexibility index (Phi) is 3.85. The van der Waals surface area contributed by atoms with Gasteiger partial charge in [-0.1, -0.05) is 17.7 Å². The molecule has 0 aliphatic heterocycles. The molecule has 0 aliphatic carbocycles. The molecule has 0 unspecified atom stereocenters. The predicted molar refractivity (Wildman–Crippen MR) is 78.7 cm³/mol. The number of rotatable bonds is 3. The highest BCUT2D eigenvalue weighted by molar-refractivity contribution is 6.30. The van der Waals surface area contributed by atoms with Crippen LogP contribution in [0.25, 0.3) is 5.69 Å². The zero-order valence-electron chi connectivity index (χ0n) is 11.4. The van der Waals surface area contributed by atoms with Crippen LogP contribution in [0, 0.1) is 0 Å². The van der Waals surface area contributed by atoms with E-state index in [1.165, 1.54) is 11.8 Å². The number of ether oxygens (including phenoxy) is 1. The van der Waals surface area contributed by atoms with Crippen molar-refractivity contribution in [2.24, 2.45) is 0 Å². The van der Waals surface area contributed by atoms with Crippen LogP contribution in [0.2, 0.25) is 5.02 Å². The molecule has 20 heavy (non-hydrogen) atoms. The van der Waals surface area contributed by atoms with Crippen molar-refractivity contribution >= 4 is 29.2 Å². The lowest BCUT2D eigenvalue weighted by molar-refractivity contribution is 0.0602. The number of nitrogen functional groups attached to an aromatic ring is 1. The van der Waals surface area contributed by atoms with E-state index in [1.807, 2.05) is 0 Å². The molecule has 1 aromatic carbocycles. The number of carbonyl (C=O) groups is 1. The van der Waals surface area contributed by atoms with Crippen LogP contribution in [-0.2, 0) is 4.74 Å². The highest BCUT2D eigenvalue weighted by Crippen LogP contribution is 2.28. The first-order valence-electron chi connectivity index (χ1n) is 5.85. The number of hydrogen-bond donors (Lipinski definition) is 1. The SMILES string of the molecule is COC(=O)c1c(N(C)C)nn(-c2cccc(Cl)c2)c1N. The molecule has 0 atom stereocenters. The average Bonchev–Trinajstić information content (AvgIpc) is 2.76. The summed E-state index contributed by atoms with van der Waals surface area (Å²) in [6.45, 7) is 0. The van der Waals surface area contributed by atoms with Crippen LogP contribution in [0.1, 0.15) is 10.4 Å². The number of nitrogens with two attached hydrogens (primary N) is 1. The van der Waals surface area contributed by atoms with Crippen molar-refractivity contribution in [3.8, 4) is 5.69 Å². The average molecular weight is 295 g/mol. The highest BCUT2D eigenvalue weighted by Gasteiger charge is 2.24. The summed E-state index contributed by atoms with van der Waals surface area (Å²) in [7, 11) is 4.85. The zero-order chi connectivity index (χ0) is 14.9. The molecule has 0 fully saturated rings. The Hall–Kier alpha value is -2.21. The van der Waals surface area contributed by atoms with E-state index in [0.717, 1.165) is 0 Å². The van der Waals surface area contributed by atoms with Crippen LogP contribution in [0.5, 0.6) is 0 Å². The number of carbonyl (C=O) groups excluding carboxylic acids is 1. The fourth-order valence-electron chi connectivity index (χ4n) is 1.83. The minimum absolute atomic E-state index is 0.211. The van der Waals surface area contributed by atoms with Gasteiger partial charge in [0.05, 0.1) is 12.8 Å². The third-order valence-corrected chi connectivity index (χ3v) is 3.00. The van der Waals surface area contributed by atoms with Gasteiger partial charge in [0.25, 0.3) is 0 Å². The summed E-state index contributed by atoms with van der Waals surface area (Å²) in [5.41, 5.74) is 6.94. The van der Waals surface area contributed by atoms with E-state index in [1.54, 1.807) is 43.3 Å². The van der Waals surface area contributed by atoms with Gasteiger partial charge in [0.1, 0.15) is 11.4 Å². The van der Waals surface area contributed by atoms with Crippen molar-refractivity contribution in [2.75, 3.05) is 31.8 Å². The molecule has 106 valence electrons. The maximum absolute atomic E-state index is 11.9. The summed E-state index contributed by atoms with van der Waals surface area (Å²) in [4.78, 5) is 13.6. The summed E-state index contributed by atoms with van der Waals surface area (Å²) in [6, 6.07) is 7.05. The van der Waals surface area contributed by atoms with Gasteiger partial charge in [0, 0.05) is 19.1 Å². The van der Waals surface area contributed by atoms with Crippen LogP contribution in [0.4, 0.5) is 11.6 Å². The standard InChI is InChI=1S/C13H15ClN4O2/c1-17(2)12-10(13(19)20-3)11(15)18(16-12)9-6-4-5-8(14)7-9/h4-7H,15H2,1-3H3. The molecule has 0 amide bonds. The molecule has 1 aromatic heterocycles. The topological polar surface area (TPSA) is 73.4 Å². The summed E-state index contributed by atoms with van der Waals surface area (Å²) in [5, 5.41) is 4.91. The van der Waals surface area contributed by atoms with Gasteiger partial charge >= 0.3 is 5.97 Å². The second-order valence-electron chi connectivity index (χ2n) is 4.36. The molecule has 0 bridgehead atoms.